The molecule has 0 atom stereocenters. The molecule has 0 unspecified atom stereocenters. The fourth-order valence-electron chi connectivity index (χ4n) is 2.51. The van der Waals surface area contributed by atoms with E-state index in [1.165, 1.54) is 32.1 Å². The Morgan fingerprint density at radius 3 is 1.81 bits per heavy atom. The summed E-state index contributed by atoms with van der Waals surface area (Å²) in [4.78, 5) is 10.5. The van der Waals surface area contributed by atoms with Gasteiger partial charge in [0.05, 0.1) is 0 Å². The van der Waals surface area contributed by atoms with Crippen LogP contribution < -0.4 is 0 Å². The Hall–Kier alpha value is 0.0969. The van der Waals surface area contributed by atoms with E-state index in [0.29, 0.717) is 13.2 Å². The van der Waals surface area contributed by atoms with E-state index in [1.54, 1.807) is 0 Å². The molecule has 1 saturated carbocycles. The van der Waals surface area contributed by atoms with Crippen molar-refractivity contribution in [3.63, 3.8) is 0 Å². The summed E-state index contributed by atoms with van der Waals surface area (Å²) in [6.07, 6.45) is 8.49. The minimum atomic E-state index is -2.90. The first-order chi connectivity index (χ1) is 7.73. The lowest BCUT2D eigenvalue weighted by molar-refractivity contribution is 0.0924. The van der Waals surface area contributed by atoms with Crippen molar-refractivity contribution in [2.45, 2.75) is 64.3 Å². The van der Waals surface area contributed by atoms with Gasteiger partial charge in [-0.05, 0) is 26.7 Å². The van der Waals surface area contributed by atoms with Gasteiger partial charge in [0.15, 0.2) is 0 Å². The molecule has 1 N–H and O–H groups in total. The lowest BCUT2D eigenvalue weighted by Crippen LogP contribution is -2.47. The molecule has 0 bridgehead atoms. The summed E-state index contributed by atoms with van der Waals surface area (Å²) in [5.41, 5.74) is 0.271. The molecule has 0 aliphatic heterocycles. The first-order valence-electron chi connectivity index (χ1n) is 6.73. The van der Waals surface area contributed by atoms with Gasteiger partial charge >= 0.3 is 8.80 Å². The Labute approximate surface area is 101 Å². The predicted octanol–water partition coefficient (Wildman–Crippen LogP) is 3.11. The quantitative estimate of drug-likeness (QED) is 0.758. The molecule has 0 heterocycles. The Bertz CT molecular complexity index is 173. The zero-order chi connectivity index (χ0) is 11.9. The van der Waals surface area contributed by atoms with Gasteiger partial charge in [-0.25, -0.2) is 0 Å². The van der Waals surface area contributed by atoms with Crippen molar-refractivity contribution in [2.24, 2.45) is 0 Å². The van der Waals surface area contributed by atoms with Gasteiger partial charge < -0.3 is 13.6 Å². The highest BCUT2D eigenvalue weighted by atomic mass is 28.4. The van der Waals surface area contributed by atoms with E-state index in [2.05, 4.69) is 0 Å². The average Bonchev–Trinajstić information content (AvgIpc) is 2.16. The van der Waals surface area contributed by atoms with E-state index in [4.69, 9.17) is 8.85 Å². The summed E-state index contributed by atoms with van der Waals surface area (Å²) in [6.45, 7) is 4.97. The van der Waals surface area contributed by atoms with Gasteiger partial charge in [-0.2, -0.15) is 0 Å². The fraction of sp³-hybridized carbons (Fsp3) is 1.00. The maximum atomic E-state index is 10.5. The minimum Gasteiger partial charge on any atom is -0.390 e. The Kier molecular flexibility index (Phi) is 6.57. The van der Waals surface area contributed by atoms with Crippen LogP contribution in [-0.2, 0) is 8.85 Å². The van der Waals surface area contributed by atoms with Crippen molar-refractivity contribution < 1.29 is 13.6 Å². The third-order valence-electron chi connectivity index (χ3n) is 3.32. The smallest absolute Gasteiger partial charge is 0.390 e. The van der Waals surface area contributed by atoms with E-state index in [-0.39, 0.29) is 5.54 Å². The van der Waals surface area contributed by atoms with Crippen molar-refractivity contribution in [3.8, 4) is 0 Å². The van der Waals surface area contributed by atoms with Crippen molar-refractivity contribution in [1.82, 2.24) is 0 Å². The second-order valence-electron chi connectivity index (χ2n) is 4.54. The molecule has 1 aliphatic carbocycles. The molecule has 1 rings (SSSR count). The first-order valence-corrected chi connectivity index (χ1v) is 8.57. The van der Waals surface area contributed by atoms with Crippen molar-refractivity contribution in [3.05, 3.63) is 0 Å². The van der Waals surface area contributed by atoms with E-state index in [1.807, 2.05) is 13.8 Å². The van der Waals surface area contributed by atoms with E-state index < -0.39 is 8.80 Å². The van der Waals surface area contributed by atoms with Crippen LogP contribution in [-0.4, -0.2) is 26.8 Å². The van der Waals surface area contributed by atoms with Gasteiger partial charge in [0, 0.05) is 18.8 Å². The summed E-state index contributed by atoms with van der Waals surface area (Å²) in [6, 6.07) is 0. The van der Waals surface area contributed by atoms with Crippen LogP contribution in [0.1, 0.15) is 58.8 Å². The molecular formula is C12H26O3Si. The van der Waals surface area contributed by atoms with Crippen LogP contribution in [0.15, 0.2) is 0 Å². The second-order valence-corrected chi connectivity index (χ2v) is 7.19. The lowest BCUT2D eigenvalue weighted by atomic mass is 10.0. The van der Waals surface area contributed by atoms with Crippen LogP contribution in [0, 0.1) is 0 Å². The lowest BCUT2D eigenvalue weighted by Gasteiger charge is -2.32. The van der Waals surface area contributed by atoms with Crippen LogP contribution in [0.2, 0.25) is 5.54 Å². The van der Waals surface area contributed by atoms with Gasteiger partial charge in [-0.3, -0.25) is 0 Å². The summed E-state index contributed by atoms with van der Waals surface area (Å²) in [5.74, 6) is 0. The number of hydrogen-bond acceptors (Lipinski definition) is 3. The zero-order valence-electron chi connectivity index (χ0n) is 10.7. The molecule has 0 radical (unpaired) electrons. The van der Waals surface area contributed by atoms with E-state index in [9.17, 15) is 4.80 Å². The molecule has 0 saturated heterocycles. The maximum Gasteiger partial charge on any atom is 0.501 e. The van der Waals surface area contributed by atoms with E-state index in [0.717, 1.165) is 12.8 Å². The standard InChI is InChI=1S/C12H26O3Si/c1-3-14-16(13,15-4-2)12-10-8-6-5-7-9-11-12/h12-13H,3-11H2,1-2H3. The summed E-state index contributed by atoms with van der Waals surface area (Å²) >= 11 is 0. The SMILES string of the molecule is CCO[Si](O)(OCC)C1CCCCCCC1. The second kappa shape index (κ2) is 7.43. The minimum absolute atomic E-state index is 0.271. The third-order valence-corrected chi connectivity index (χ3v) is 6.34. The monoisotopic (exact) mass is 246 g/mol. The van der Waals surface area contributed by atoms with Crippen LogP contribution in [0.4, 0.5) is 0 Å². The van der Waals surface area contributed by atoms with E-state index >= 15 is 0 Å². The van der Waals surface area contributed by atoms with Crippen LogP contribution in [0.3, 0.4) is 0 Å². The van der Waals surface area contributed by atoms with Gasteiger partial charge in [-0.15, -0.1) is 0 Å². The summed E-state index contributed by atoms with van der Waals surface area (Å²) in [5, 5.41) is 0. The van der Waals surface area contributed by atoms with Crippen molar-refractivity contribution in [2.75, 3.05) is 13.2 Å². The summed E-state index contributed by atoms with van der Waals surface area (Å²) < 4.78 is 11.2. The zero-order valence-corrected chi connectivity index (χ0v) is 11.7. The van der Waals surface area contributed by atoms with Gasteiger partial charge in [0.1, 0.15) is 0 Å². The molecule has 4 heteroatoms. The Balaban J connectivity index is 2.58. The first kappa shape index (κ1) is 14.2. The predicted molar refractivity (Wildman–Crippen MR) is 67.3 cm³/mol. The number of hydrogen-bond donors (Lipinski definition) is 1. The normalized spacial score (nSPS) is 20.4. The van der Waals surface area contributed by atoms with Crippen LogP contribution in [0.5, 0.6) is 0 Å². The highest BCUT2D eigenvalue weighted by Gasteiger charge is 2.45. The molecular weight excluding hydrogens is 220 g/mol. The van der Waals surface area contributed by atoms with Crippen LogP contribution in [0.25, 0.3) is 0 Å². The third kappa shape index (κ3) is 4.16. The molecule has 0 aromatic heterocycles. The summed E-state index contributed by atoms with van der Waals surface area (Å²) in [7, 11) is -2.90. The number of rotatable bonds is 5. The van der Waals surface area contributed by atoms with Gasteiger partial charge in [-0.1, -0.05) is 32.1 Å². The highest BCUT2D eigenvalue weighted by Crippen LogP contribution is 2.34. The molecule has 16 heavy (non-hydrogen) atoms. The maximum absolute atomic E-state index is 10.5. The molecule has 0 aromatic rings. The van der Waals surface area contributed by atoms with Crippen molar-refractivity contribution >= 4 is 8.80 Å². The van der Waals surface area contributed by atoms with Gasteiger partial charge in [0.25, 0.3) is 0 Å². The van der Waals surface area contributed by atoms with Crippen LogP contribution >= 0.6 is 0 Å². The molecule has 0 spiro atoms. The Morgan fingerprint density at radius 1 is 0.938 bits per heavy atom. The molecule has 0 amide bonds. The molecule has 1 fully saturated rings. The molecule has 96 valence electrons. The molecule has 0 aromatic carbocycles. The largest absolute Gasteiger partial charge is 0.501 e. The molecule has 3 nitrogen and oxygen atoms in total. The molecule has 1 aliphatic rings. The van der Waals surface area contributed by atoms with Gasteiger partial charge in [0.2, 0.25) is 0 Å². The topological polar surface area (TPSA) is 38.7 Å². The fourth-order valence-corrected chi connectivity index (χ4v) is 5.03. The average molecular weight is 246 g/mol. The van der Waals surface area contributed by atoms with Crippen molar-refractivity contribution in [1.29, 1.82) is 0 Å². The highest BCUT2D eigenvalue weighted by molar-refractivity contribution is 6.61. The Morgan fingerprint density at radius 2 is 1.38 bits per heavy atom.